The normalized spacial score (nSPS) is 12.6. The van der Waals surface area contributed by atoms with E-state index in [4.69, 9.17) is 0 Å². The summed E-state index contributed by atoms with van der Waals surface area (Å²) in [6, 6.07) is 4.16. The Morgan fingerprint density at radius 1 is 0.792 bits per heavy atom. The van der Waals surface area contributed by atoms with Crippen molar-refractivity contribution < 1.29 is 26.3 Å². The number of fused-ring (bicyclic) bond motifs is 1. The number of pyridine rings is 3. The smallest absolute Gasteiger partial charge is 0.264 e. The fourth-order valence-electron chi connectivity index (χ4n) is 2.17. The van der Waals surface area contributed by atoms with Gasteiger partial charge in [-0.25, -0.2) is 4.98 Å². The van der Waals surface area contributed by atoms with E-state index in [1.807, 2.05) is 0 Å². The van der Waals surface area contributed by atoms with Crippen molar-refractivity contribution in [1.29, 1.82) is 0 Å². The van der Waals surface area contributed by atoms with Gasteiger partial charge in [0.1, 0.15) is 5.69 Å². The molecule has 9 heteroatoms. The quantitative estimate of drug-likeness (QED) is 0.600. The van der Waals surface area contributed by atoms with E-state index >= 15 is 0 Å². The zero-order valence-corrected chi connectivity index (χ0v) is 11.7. The van der Waals surface area contributed by atoms with Crippen LogP contribution in [0.15, 0.2) is 42.9 Å². The van der Waals surface area contributed by atoms with Gasteiger partial charge in [0.15, 0.2) is 5.69 Å². The molecule has 3 aromatic heterocycles. The minimum atomic E-state index is -5.05. The molecule has 124 valence electrons. The van der Waals surface area contributed by atoms with E-state index in [-0.39, 0.29) is 5.69 Å². The molecule has 0 aliphatic heterocycles. The first-order valence-electron chi connectivity index (χ1n) is 6.52. The lowest BCUT2D eigenvalue weighted by Gasteiger charge is -2.14. The van der Waals surface area contributed by atoms with Crippen molar-refractivity contribution in [2.24, 2.45) is 0 Å². The first-order chi connectivity index (χ1) is 11.2. The Kier molecular flexibility index (Phi) is 3.66. The van der Waals surface area contributed by atoms with Crippen LogP contribution in [0, 0.1) is 0 Å². The highest BCUT2D eigenvalue weighted by Gasteiger charge is 2.40. The molecule has 3 heterocycles. The molecule has 0 bridgehead atoms. The van der Waals surface area contributed by atoms with Crippen LogP contribution < -0.4 is 0 Å². The molecule has 0 radical (unpaired) electrons. The Bertz CT molecular complexity index is 902. The summed E-state index contributed by atoms with van der Waals surface area (Å²) < 4.78 is 77.4. The van der Waals surface area contributed by atoms with Gasteiger partial charge in [-0.3, -0.25) is 9.97 Å². The van der Waals surface area contributed by atoms with E-state index < -0.39 is 29.3 Å². The minimum Gasteiger partial charge on any atom is -0.264 e. The second-order valence-electron chi connectivity index (χ2n) is 4.88. The van der Waals surface area contributed by atoms with Gasteiger partial charge in [-0.2, -0.15) is 26.3 Å². The molecule has 24 heavy (non-hydrogen) atoms. The van der Waals surface area contributed by atoms with Crippen LogP contribution in [0.1, 0.15) is 11.4 Å². The van der Waals surface area contributed by atoms with E-state index in [0.29, 0.717) is 16.8 Å². The lowest BCUT2D eigenvalue weighted by atomic mass is 10.1. The van der Waals surface area contributed by atoms with Crippen LogP contribution in [0.2, 0.25) is 0 Å². The summed E-state index contributed by atoms with van der Waals surface area (Å²) >= 11 is 0. The maximum atomic E-state index is 13.1. The van der Waals surface area contributed by atoms with Crippen LogP contribution in [0.4, 0.5) is 26.3 Å². The monoisotopic (exact) mass is 343 g/mol. The average Bonchev–Trinajstić information content (AvgIpc) is 2.52. The fraction of sp³-hybridized carbons (Fsp3) is 0.133. The molecule has 3 nitrogen and oxygen atoms in total. The number of halogens is 6. The molecule has 0 amide bonds. The molecular weight excluding hydrogens is 336 g/mol. The molecule has 3 rings (SSSR count). The summed E-state index contributed by atoms with van der Waals surface area (Å²) in [5, 5.41) is 1.15. The van der Waals surface area contributed by atoms with E-state index in [1.54, 1.807) is 6.07 Å². The Morgan fingerprint density at radius 3 is 2.21 bits per heavy atom. The Balaban J connectivity index is 2.22. The fourth-order valence-corrected chi connectivity index (χ4v) is 2.17. The predicted octanol–water partition coefficient (Wildman–Crippen LogP) is 4.73. The summed E-state index contributed by atoms with van der Waals surface area (Å²) in [7, 11) is 0. The van der Waals surface area contributed by atoms with Crippen molar-refractivity contribution >= 4 is 10.8 Å². The zero-order valence-electron chi connectivity index (χ0n) is 11.7. The SMILES string of the molecule is FC(F)(F)c1ccc(-c2cc3cnccc3cn2)c(C(F)(F)F)n1. The Hall–Kier alpha value is -2.71. The van der Waals surface area contributed by atoms with Crippen molar-refractivity contribution in [3.8, 4) is 11.3 Å². The van der Waals surface area contributed by atoms with Crippen molar-refractivity contribution in [3.05, 3.63) is 54.2 Å². The highest BCUT2D eigenvalue weighted by molar-refractivity contribution is 5.84. The van der Waals surface area contributed by atoms with Crippen molar-refractivity contribution in [2.75, 3.05) is 0 Å². The topological polar surface area (TPSA) is 38.7 Å². The lowest BCUT2D eigenvalue weighted by molar-refractivity contribution is -0.149. The molecule has 3 aromatic rings. The predicted molar refractivity (Wildman–Crippen MR) is 72.8 cm³/mol. The molecule has 0 saturated heterocycles. The van der Waals surface area contributed by atoms with Gasteiger partial charge in [0.2, 0.25) is 0 Å². The first kappa shape index (κ1) is 16.2. The molecule has 0 aliphatic rings. The van der Waals surface area contributed by atoms with Gasteiger partial charge in [0, 0.05) is 34.9 Å². The van der Waals surface area contributed by atoms with E-state index in [2.05, 4.69) is 15.0 Å². The van der Waals surface area contributed by atoms with Gasteiger partial charge in [0.05, 0.1) is 5.69 Å². The minimum absolute atomic E-state index is 0.135. The second-order valence-corrected chi connectivity index (χ2v) is 4.88. The van der Waals surface area contributed by atoms with E-state index in [0.717, 1.165) is 6.07 Å². The maximum absolute atomic E-state index is 13.1. The maximum Gasteiger partial charge on any atom is 0.434 e. The summed E-state index contributed by atoms with van der Waals surface area (Å²) in [4.78, 5) is 10.5. The van der Waals surface area contributed by atoms with Crippen LogP contribution >= 0.6 is 0 Å². The summed E-state index contributed by atoms with van der Waals surface area (Å²) in [5.74, 6) is 0. The van der Waals surface area contributed by atoms with Crippen molar-refractivity contribution in [3.63, 3.8) is 0 Å². The molecule has 0 aliphatic carbocycles. The number of hydrogen-bond acceptors (Lipinski definition) is 3. The van der Waals surface area contributed by atoms with Crippen LogP contribution in [0.3, 0.4) is 0 Å². The number of aromatic nitrogens is 3. The van der Waals surface area contributed by atoms with Crippen LogP contribution in [-0.4, -0.2) is 15.0 Å². The summed E-state index contributed by atoms with van der Waals surface area (Å²) in [6.07, 6.45) is -5.79. The zero-order chi connectivity index (χ0) is 17.5. The first-order valence-corrected chi connectivity index (χ1v) is 6.52. The highest BCUT2D eigenvalue weighted by Crippen LogP contribution is 2.38. The third kappa shape index (κ3) is 3.01. The van der Waals surface area contributed by atoms with Crippen molar-refractivity contribution in [1.82, 2.24) is 15.0 Å². The molecule has 0 fully saturated rings. The third-order valence-corrected chi connectivity index (χ3v) is 3.25. The van der Waals surface area contributed by atoms with Crippen molar-refractivity contribution in [2.45, 2.75) is 12.4 Å². The number of hydrogen-bond donors (Lipinski definition) is 0. The summed E-state index contributed by atoms with van der Waals surface area (Å²) in [6.45, 7) is 0. The molecular formula is C15H7F6N3. The lowest BCUT2D eigenvalue weighted by Crippen LogP contribution is -2.16. The molecule has 0 spiro atoms. The van der Waals surface area contributed by atoms with E-state index in [9.17, 15) is 26.3 Å². The van der Waals surface area contributed by atoms with Gasteiger partial charge in [-0.05, 0) is 24.3 Å². The second kappa shape index (κ2) is 5.43. The number of rotatable bonds is 1. The van der Waals surface area contributed by atoms with Gasteiger partial charge < -0.3 is 0 Å². The van der Waals surface area contributed by atoms with Crippen LogP contribution in [0.25, 0.3) is 22.0 Å². The largest absolute Gasteiger partial charge is 0.434 e. The van der Waals surface area contributed by atoms with Crippen LogP contribution in [-0.2, 0) is 12.4 Å². The third-order valence-electron chi connectivity index (χ3n) is 3.25. The number of alkyl halides is 6. The summed E-state index contributed by atoms with van der Waals surface area (Å²) in [5.41, 5.74) is -3.90. The van der Waals surface area contributed by atoms with Gasteiger partial charge in [-0.15, -0.1) is 0 Å². The van der Waals surface area contributed by atoms with Gasteiger partial charge in [0.25, 0.3) is 0 Å². The molecule has 0 atom stereocenters. The molecule has 0 aromatic carbocycles. The molecule has 0 unspecified atom stereocenters. The molecule has 0 N–H and O–H groups in total. The number of nitrogens with zero attached hydrogens (tertiary/aromatic N) is 3. The van der Waals surface area contributed by atoms with Gasteiger partial charge in [-0.1, -0.05) is 0 Å². The Morgan fingerprint density at radius 2 is 1.54 bits per heavy atom. The highest BCUT2D eigenvalue weighted by atomic mass is 19.4. The van der Waals surface area contributed by atoms with Crippen LogP contribution in [0.5, 0.6) is 0 Å². The van der Waals surface area contributed by atoms with Gasteiger partial charge >= 0.3 is 12.4 Å². The van der Waals surface area contributed by atoms with E-state index in [1.165, 1.54) is 24.7 Å². The average molecular weight is 343 g/mol. The Labute approximate surface area is 131 Å². The standard InChI is InChI=1S/C15H7F6N3/c16-14(17,18)12-2-1-10(13(24-12)15(19,20)21)11-5-9-6-22-4-3-8(9)7-23-11/h1-7H. The molecule has 0 saturated carbocycles.